The van der Waals surface area contributed by atoms with Gasteiger partial charge in [-0.25, -0.2) is 4.57 Å². The normalized spacial score (nSPS) is 14.1. The summed E-state index contributed by atoms with van der Waals surface area (Å²) in [6, 6.07) is 0. The third-order valence-corrected chi connectivity index (χ3v) is 9.87. The van der Waals surface area contributed by atoms with Crippen LogP contribution in [-0.2, 0) is 32.7 Å². The van der Waals surface area contributed by atoms with Crippen LogP contribution in [0.15, 0.2) is 12.2 Å². The van der Waals surface area contributed by atoms with Gasteiger partial charge in [0.05, 0.1) is 19.8 Å². The molecule has 0 amide bonds. The number of aliphatic hydroxyl groups excluding tert-OH is 2. The summed E-state index contributed by atoms with van der Waals surface area (Å²) in [4.78, 5) is 34.9. The van der Waals surface area contributed by atoms with Gasteiger partial charge in [-0.3, -0.25) is 18.6 Å². The van der Waals surface area contributed by atoms with Crippen LogP contribution in [-0.4, -0.2) is 65.7 Å². The number of unbranched alkanes of at least 4 members (excludes halogenated alkanes) is 23. The fraction of sp³-hybridized carbons (Fsp3) is 0.900. The lowest BCUT2D eigenvalue weighted by Gasteiger charge is -2.20. The first-order valence-electron chi connectivity index (χ1n) is 20.6. The highest BCUT2D eigenvalue weighted by atomic mass is 31.2. The molecule has 0 rings (SSSR count). The number of hydrogen-bond donors (Lipinski definition) is 3. The van der Waals surface area contributed by atoms with Crippen molar-refractivity contribution < 1.29 is 47.8 Å². The Hall–Kier alpha value is -1.29. The molecule has 0 aromatic carbocycles. The van der Waals surface area contributed by atoms with Gasteiger partial charge in [-0.05, 0) is 38.5 Å². The molecule has 302 valence electrons. The van der Waals surface area contributed by atoms with Gasteiger partial charge in [-0.1, -0.05) is 154 Å². The smallest absolute Gasteiger partial charge is 0.462 e. The third-order valence-electron chi connectivity index (χ3n) is 8.92. The van der Waals surface area contributed by atoms with Gasteiger partial charge in [-0.2, -0.15) is 0 Å². The first kappa shape index (κ1) is 49.7. The molecular weight excluding hydrogens is 671 g/mol. The van der Waals surface area contributed by atoms with E-state index in [9.17, 15) is 24.2 Å². The first-order chi connectivity index (χ1) is 24.7. The maximum Gasteiger partial charge on any atom is 0.472 e. The molecule has 0 saturated heterocycles. The summed E-state index contributed by atoms with van der Waals surface area (Å²) in [5.41, 5.74) is 0. The van der Waals surface area contributed by atoms with Crippen molar-refractivity contribution in [2.75, 3.05) is 26.4 Å². The van der Waals surface area contributed by atoms with Gasteiger partial charge in [-0.15, -0.1) is 0 Å². The van der Waals surface area contributed by atoms with Crippen molar-refractivity contribution in [2.24, 2.45) is 0 Å². The largest absolute Gasteiger partial charge is 0.472 e. The molecule has 0 heterocycles. The minimum Gasteiger partial charge on any atom is -0.462 e. The van der Waals surface area contributed by atoms with Crippen molar-refractivity contribution in [1.82, 2.24) is 0 Å². The Morgan fingerprint density at radius 3 is 1.43 bits per heavy atom. The molecule has 3 N–H and O–H groups in total. The van der Waals surface area contributed by atoms with Crippen molar-refractivity contribution >= 4 is 19.8 Å². The Morgan fingerprint density at radius 1 is 0.569 bits per heavy atom. The van der Waals surface area contributed by atoms with E-state index < -0.39 is 51.8 Å². The summed E-state index contributed by atoms with van der Waals surface area (Å²) in [5.74, 6) is -0.922. The van der Waals surface area contributed by atoms with E-state index >= 15 is 0 Å². The Morgan fingerprint density at radius 2 is 0.961 bits per heavy atom. The molecule has 11 heteroatoms. The van der Waals surface area contributed by atoms with Crippen molar-refractivity contribution in [3.05, 3.63) is 12.2 Å². The van der Waals surface area contributed by atoms with Crippen LogP contribution in [0.25, 0.3) is 0 Å². The van der Waals surface area contributed by atoms with E-state index in [-0.39, 0.29) is 19.4 Å². The maximum absolute atomic E-state index is 12.6. The summed E-state index contributed by atoms with van der Waals surface area (Å²) in [7, 11) is -4.61. The zero-order valence-corrected chi connectivity index (χ0v) is 33.5. The van der Waals surface area contributed by atoms with Crippen LogP contribution in [0, 0.1) is 0 Å². The molecule has 51 heavy (non-hydrogen) atoms. The van der Waals surface area contributed by atoms with Crippen molar-refractivity contribution in [2.45, 2.75) is 206 Å². The van der Waals surface area contributed by atoms with Gasteiger partial charge in [0, 0.05) is 12.8 Å². The van der Waals surface area contributed by atoms with E-state index in [4.69, 9.17) is 19.1 Å². The lowest BCUT2D eigenvalue weighted by Crippen LogP contribution is -2.29. The number of phosphoric acid groups is 1. The number of rotatable bonds is 39. The second-order valence-electron chi connectivity index (χ2n) is 14.0. The topological polar surface area (TPSA) is 149 Å². The minimum absolute atomic E-state index is 0.183. The van der Waals surface area contributed by atoms with Crippen LogP contribution in [0.4, 0.5) is 0 Å². The molecule has 0 aromatic heterocycles. The standard InChI is InChI=1S/C40H77O10P/c1-3-5-7-9-11-13-15-17-18-20-22-24-26-28-30-32-40(44)50-38(36-49-51(45,46)48-34-37(42)33-41)35-47-39(43)31-29-27-25-23-21-19-16-14-12-10-8-6-4-2/h13,15,37-38,41-42H,3-12,14,16-36H2,1-2H3,(H,45,46)/b15-13-/t37-,38+/m0/s1. The average molecular weight is 749 g/mol. The van der Waals surface area contributed by atoms with Gasteiger partial charge in [0.2, 0.25) is 0 Å². The Balaban J connectivity index is 4.31. The Labute approximate surface area is 311 Å². The maximum atomic E-state index is 12.6. The van der Waals surface area contributed by atoms with Gasteiger partial charge in [0.25, 0.3) is 0 Å². The third kappa shape index (κ3) is 36.8. The van der Waals surface area contributed by atoms with Crippen LogP contribution < -0.4 is 0 Å². The summed E-state index contributed by atoms with van der Waals surface area (Å²) in [6.07, 6.45) is 33.1. The molecule has 0 aliphatic carbocycles. The SMILES string of the molecule is CCCCCC/C=C\CCCCCCCCCC(=O)O[C@H](COC(=O)CCCCCCCCCCCCCCC)COP(=O)(O)OC[C@@H](O)CO. The summed E-state index contributed by atoms with van der Waals surface area (Å²) >= 11 is 0. The fourth-order valence-corrected chi connectivity index (χ4v) is 6.48. The molecule has 0 aliphatic heterocycles. The Bertz CT molecular complexity index is 868. The highest BCUT2D eigenvalue weighted by molar-refractivity contribution is 7.47. The van der Waals surface area contributed by atoms with Gasteiger partial charge in [0.15, 0.2) is 6.10 Å². The predicted molar refractivity (Wildman–Crippen MR) is 205 cm³/mol. The van der Waals surface area contributed by atoms with E-state index in [0.717, 1.165) is 44.9 Å². The second-order valence-corrected chi connectivity index (χ2v) is 15.5. The molecule has 0 spiro atoms. The Kier molecular flexibility index (Phi) is 36.1. The molecule has 3 atom stereocenters. The average Bonchev–Trinajstić information content (AvgIpc) is 3.12. The fourth-order valence-electron chi connectivity index (χ4n) is 5.69. The molecule has 0 aliphatic rings. The van der Waals surface area contributed by atoms with E-state index in [1.807, 2.05) is 0 Å². The van der Waals surface area contributed by atoms with E-state index in [0.29, 0.717) is 12.8 Å². The number of carbonyl (C=O) groups is 2. The first-order valence-corrected chi connectivity index (χ1v) is 22.1. The quantitative estimate of drug-likeness (QED) is 0.0240. The molecule has 10 nitrogen and oxygen atoms in total. The monoisotopic (exact) mass is 749 g/mol. The summed E-state index contributed by atoms with van der Waals surface area (Å²) in [6.45, 7) is 2.37. The highest BCUT2D eigenvalue weighted by Crippen LogP contribution is 2.43. The molecule has 0 aromatic rings. The zero-order valence-electron chi connectivity index (χ0n) is 32.6. The zero-order chi connectivity index (χ0) is 37.7. The number of hydrogen-bond acceptors (Lipinski definition) is 9. The van der Waals surface area contributed by atoms with Crippen LogP contribution >= 0.6 is 7.82 Å². The van der Waals surface area contributed by atoms with Gasteiger partial charge >= 0.3 is 19.8 Å². The van der Waals surface area contributed by atoms with Crippen molar-refractivity contribution in [3.63, 3.8) is 0 Å². The lowest BCUT2D eigenvalue weighted by molar-refractivity contribution is -0.161. The van der Waals surface area contributed by atoms with Crippen LogP contribution in [0.2, 0.25) is 0 Å². The number of esters is 2. The van der Waals surface area contributed by atoms with Crippen LogP contribution in [0.3, 0.4) is 0 Å². The number of carbonyl (C=O) groups excluding carboxylic acids is 2. The van der Waals surface area contributed by atoms with E-state index in [1.54, 1.807) is 0 Å². The summed E-state index contributed by atoms with van der Waals surface area (Å²) in [5, 5.41) is 18.3. The number of aliphatic hydroxyl groups is 2. The number of ether oxygens (including phenoxy) is 2. The second kappa shape index (κ2) is 37.0. The van der Waals surface area contributed by atoms with Crippen LogP contribution in [0.1, 0.15) is 194 Å². The molecule has 0 bridgehead atoms. The molecule has 0 saturated carbocycles. The lowest BCUT2D eigenvalue weighted by atomic mass is 10.0. The molecular formula is C40H77O10P. The molecule has 0 fully saturated rings. The van der Waals surface area contributed by atoms with Crippen molar-refractivity contribution in [3.8, 4) is 0 Å². The molecule has 0 radical (unpaired) electrons. The minimum atomic E-state index is -4.61. The van der Waals surface area contributed by atoms with Crippen LogP contribution in [0.5, 0.6) is 0 Å². The van der Waals surface area contributed by atoms with Gasteiger partial charge in [0.1, 0.15) is 12.7 Å². The van der Waals surface area contributed by atoms with E-state index in [1.165, 1.54) is 109 Å². The number of allylic oxidation sites excluding steroid dienone is 2. The van der Waals surface area contributed by atoms with E-state index in [2.05, 4.69) is 30.5 Å². The van der Waals surface area contributed by atoms with Gasteiger partial charge < -0.3 is 24.6 Å². The summed E-state index contributed by atoms with van der Waals surface area (Å²) < 4.78 is 32.6. The predicted octanol–water partition coefficient (Wildman–Crippen LogP) is 10.4. The molecule has 1 unspecified atom stereocenters. The van der Waals surface area contributed by atoms with Crippen molar-refractivity contribution in [1.29, 1.82) is 0 Å². The highest BCUT2D eigenvalue weighted by Gasteiger charge is 2.27. The number of phosphoric ester groups is 1.